The van der Waals surface area contributed by atoms with Gasteiger partial charge in [0.1, 0.15) is 5.82 Å². The molecule has 0 aromatic carbocycles. The summed E-state index contributed by atoms with van der Waals surface area (Å²) in [6.45, 7) is 5.23. The van der Waals surface area contributed by atoms with E-state index in [9.17, 15) is 5.11 Å². The van der Waals surface area contributed by atoms with Gasteiger partial charge >= 0.3 is 0 Å². The van der Waals surface area contributed by atoms with Gasteiger partial charge in [-0.15, -0.1) is 0 Å². The SMILES string of the molecule is CCCC(C)Nc1ncc(-c2ccc(CNC3C4CC43)cn2)c(NC2CCC(O)CC2)n1. The average Bonchev–Trinajstić information content (AvgIpc) is 3.69. The summed E-state index contributed by atoms with van der Waals surface area (Å²) in [5, 5.41) is 20.6. The number of rotatable bonds is 10. The zero-order chi connectivity index (χ0) is 22.1. The molecule has 0 aliphatic heterocycles. The molecule has 3 atom stereocenters. The molecule has 2 heterocycles. The van der Waals surface area contributed by atoms with E-state index < -0.39 is 0 Å². The van der Waals surface area contributed by atoms with Crippen molar-refractivity contribution in [2.45, 2.75) is 89.6 Å². The third kappa shape index (κ3) is 5.04. The fraction of sp³-hybridized carbons (Fsp3) is 0.640. The van der Waals surface area contributed by atoms with Crippen molar-refractivity contribution < 1.29 is 5.11 Å². The van der Waals surface area contributed by atoms with Crippen LogP contribution in [0.4, 0.5) is 11.8 Å². The number of hydrogen-bond acceptors (Lipinski definition) is 7. The van der Waals surface area contributed by atoms with Crippen LogP contribution in [0.25, 0.3) is 11.3 Å². The van der Waals surface area contributed by atoms with Crippen molar-refractivity contribution in [2.75, 3.05) is 10.6 Å². The largest absolute Gasteiger partial charge is 0.393 e. The summed E-state index contributed by atoms with van der Waals surface area (Å²) in [6.07, 6.45) is 10.9. The molecule has 0 radical (unpaired) electrons. The number of hydrogen-bond donors (Lipinski definition) is 4. The zero-order valence-electron chi connectivity index (χ0n) is 19.2. The third-order valence-corrected chi connectivity index (χ3v) is 7.24. The van der Waals surface area contributed by atoms with E-state index >= 15 is 0 Å². The van der Waals surface area contributed by atoms with Crippen LogP contribution in [0.3, 0.4) is 0 Å². The Morgan fingerprint density at radius 3 is 2.56 bits per heavy atom. The number of nitrogens with one attached hydrogen (secondary N) is 3. The minimum Gasteiger partial charge on any atom is -0.393 e. The Labute approximate surface area is 190 Å². The molecular formula is C25H36N6O. The van der Waals surface area contributed by atoms with Crippen molar-refractivity contribution in [3.8, 4) is 11.3 Å². The average molecular weight is 437 g/mol. The molecule has 3 fully saturated rings. The van der Waals surface area contributed by atoms with Gasteiger partial charge in [-0.1, -0.05) is 19.4 Å². The van der Waals surface area contributed by atoms with Crippen LogP contribution in [0.1, 0.15) is 64.4 Å². The molecule has 0 bridgehead atoms. The molecule has 0 saturated heterocycles. The molecular weight excluding hydrogens is 400 g/mol. The summed E-state index contributed by atoms with van der Waals surface area (Å²) < 4.78 is 0. The number of aliphatic hydroxyl groups excluding tert-OH is 1. The van der Waals surface area contributed by atoms with Crippen LogP contribution in [-0.4, -0.2) is 44.3 Å². The van der Waals surface area contributed by atoms with Crippen molar-refractivity contribution >= 4 is 11.8 Å². The number of fused-ring (bicyclic) bond motifs is 1. The topological polar surface area (TPSA) is 95.0 Å². The molecule has 2 aromatic rings. The predicted molar refractivity (Wildman–Crippen MR) is 127 cm³/mol. The van der Waals surface area contributed by atoms with Gasteiger partial charge in [-0.3, -0.25) is 4.98 Å². The van der Waals surface area contributed by atoms with E-state index in [0.29, 0.717) is 18.0 Å². The van der Waals surface area contributed by atoms with Crippen LogP contribution < -0.4 is 16.0 Å². The minimum atomic E-state index is -0.172. The highest BCUT2D eigenvalue weighted by Gasteiger charge is 2.63. The van der Waals surface area contributed by atoms with Crippen molar-refractivity contribution in [1.82, 2.24) is 20.3 Å². The van der Waals surface area contributed by atoms with Crippen LogP contribution in [0.5, 0.6) is 0 Å². The summed E-state index contributed by atoms with van der Waals surface area (Å²) >= 11 is 0. The molecule has 3 aliphatic rings. The molecule has 0 amide bonds. The van der Waals surface area contributed by atoms with Gasteiger partial charge in [0.05, 0.1) is 17.4 Å². The standard InChI is InChI=1S/C25H36N6O/c1-3-4-15(2)29-25-28-14-21(24(31-25)30-17-6-8-18(32)9-7-17)22-10-5-16(12-26-22)13-27-23-19-11-20(19)23/h5,10,12,14-15,17-20,23,27,32H,3-4,6-9,11,13H2,1-2H3,(H2,28,29,30,31). The van der Waals surface area contributed by atoms with Crippen LogP contribution >= 0.6 is 0 Å². The Morgan fingerprint density at radius 2 is 1.91 bits per heavy atom. The second-order valence-corrected chi connectivity index (χ2v) is 9.96. The smallest absolute Gasteiger partial charge is 0.224 e. The molecule has 0 spiro atoms. The summed E-state index contributed by atoms with van der Waals surface area (Å²) in [4.78, 5) is 14.2. The van der Waals surface area contributed by atoms with E-state index in [-0.39, 0.29) is 6.10 Å². The van der Waals surface area contributed by atoms with Crippen molar-refractivity contribution in [1.29, 1.82) is 0 Å². The second kappa shape index (κ2) is 9.32. The number of aromatic nitrogens is 3. The Kier molecular flexibility index (Phi) is 6.28. The monoisotopic (exact) mass is 436 g/mol. The van der Waals surface area contributed by atoms with Gasteiger partial charge in [-0.25, -0.2) is 4.98 Å². The van der Waals surface area contributed by atoms with E-state index in [4.69, 9.17) is 9.97 Å². The molecule has 32 heavy (non-hydrogen) atoms. The molecule has 7 heteroatoms. The number of anilines is 2. The summed E-state index contributed by atoms with van der Waals surface area (Å²) in [5.41, 5.74) is 3.02. The van der Waals surface area contributed by atoms with Crippen molar-refractivity contribution in [3.63, 3.8) is 0 Å². The van der Waals surface area contributed by atoms with Gasteiger partial charge in [0, 0.05) is 37.1 Å². The lowest BCUT2D eigenvalue weighted by molar-refractivity contribution is 0.126. The molecule has 7 nitrogen and oxygen atoms in total. The minimum absolute atomic E-state index is 0.172. The molecule has 2 aromatic heterocycles. The van der Waals surface area contributed by atoms with Gasteiger partial charge < -0.3 is 21.1 Å². The van der Waals surface area contributed by atoms with Crippen LogP contribution in [0.15, 0.2) is 24.5 Å². The lowest BCUT2D eigenvalue weighted by Crippen LogP contribution is -2.29. The van der Waals surface area contributed by atoms with Crippen LogP contribution in [0, 0.1) is 11.8 Å². The van der Waals surface area contributed by atoms with E-state index in [1.165, 1.54) is 12.0 Å². The first-order chi connectivity index (χ1) is 15.6. The molecule has 4 N–H and O–H groups in total. The maximum atomic E-state index is 9.87. The Balaban J connectivity index is 1.31. The lowest BCUT2D eigenvalue weighted by Gasteiger charge is -2.27. The maximum absolute atomic E-state index is 9.87. The van der Waals surface area contributed by atoms with Crippen LogP contribution in [0.2, 0.25) is 0 Å². The Morgan fingerprint density at radius 1 is 1.09 bits per heavy atom. The second-order valence-electron chi connectivity index (χ2n) is 9.96. The van der Waals surface area contributed by atoms with Gasteiger partial charge in [0.15, 0.2) is 0 Å². The highest BCUT2D eigenvalue weighted by Crippen LogP contribution is 2.62. The summed E-state index contributed by atoms with van der Waals surface area (Å²) in [7, 11) is 0. The number of pyridine rings is 1. The van der Waals surface area contributed by atoms with Crippen LogP contribution in [-0.2, 0) is 6.54 Å². The molecule has 3 aliphatic carbocycles. The van der Waals surface area contributed by atoms with Gasteiger partial charge in [-0.2, -0.15) is 4.98 Å². The fourth-order valence-corrected chi connectivity index (χ4v) is 4.89. The van der Waals surface area contributed by atoms with Gasteiger partial charge in [0.2, 0.25) is 5.95 Å². The van der Waals surface area contributed by atoms with E-state index in [1.54, 1.807) is 0 Å². The lowest BCUT2D eigenvalue weighted by atomic mass is 9.93. The van der Waals surface area contributed by atoms with Gasteiger partial charge in [0.25, 0.3) is 0 Å². The van der Waals surface area contributed by atoms with Crippen molar-refractivity contribution in [2.24, 2.45) is 11.8 Å². The summed E-state index contributed by atoms with van der Waals surface area (Å²) in [5.74, 6) is 3.39. The van der Waals surface area contributed by atoms with E-state index in [0.717, 1.165) is 80.0 Å². The molecule has 3 unspecified atom stereocenters. The highest BCUT2D eigenvalue weighted by molar-refractivity contribution is 5.73. The van der Waals surface area contributed by atoms with E-state index in [2.05, 4.69) is 46.9 Å². The van der Waals surface area contributed by atoms with E-state index in [1.807, 2.05) is 12.4 Å². The molecule has 5 rings (SSSR count). The van der Waals surface area contributed by atoms with Gasteiger partial charge in [-0.05, 0) is 68.9 Å². The quantitative estimate of drug-likeness (QED) is 0.448. The first-order valence-electron chi connectivity index (χ1n) is 12.4. The third-order valence-electron chi connectivity index (χ3n) is 7.24. The summed E-state index contributed by atoms with van der Waals surface area (Å²) in [6, 6.07) is 5.61. The Bertz CT molecular complexity index is 903. The first kappa shape index (κ1) is 21.6. The van der Waals surface area contributed by atoms with Crippen molar-refractivity contribution in [3.05, 3.63) is 30.1 Å². The predicted octanol–water partition coefficient (Wildman–Crippen LogP) is 3.96. The highest BCUT2D eigenvalue weighted by atomic mass is 16.3. The zero-order valence-corrected chi connectivity index (χ0v) is 19.2. The maximum Gasteiger partial charge on any atom is 0.224 e. The molecule has 3 saturated carbocycles. The normalized spacial score (nSPS) is 29.2. The first-order valence-corrected chi connectivity index (χ1v) is 12.4. The number of aliphatic hydroxyl groups is 1. The fourth-order valence-electron chi connectivity index (χ4n) is 4.89. The number of nitrogens with zero attached hydrogens (tertiary/aromatic N) is 3. The molecule has 172 valence electrons. The Hall–Kier alpha value is -2.25.